The van der Waals surface area contributed by atoms with E-state index in [-0.39, 0.29) is 18.4 Å². The molecule has 0 saturated heterocycles. The van der Waals surface area contributed by atoms with Crippen LogP contribution in [0.1, 0.15) is 6.92 Å². The molecule has 0 saturated carbocycles. The lowest BCUT2D eigenvalue weighted by atomic mass is 9.88. The van der Waals surface area contributed by atoms with Gasteiger partial charge in [-0.1, -0.05) is 0 Å². The van der Waals surface area contributed by atoms with Crippen LogP contribution in [0.25, 0.3) is 0 Å². The van der Waals surface area contributed by atoms with Gasteiger partial charge in [-0.05, 0) is 41.1 Å². The molecule has 1 aliphatic rings. The second-order valence-corrected chi connectivity index (χ2v) is 6.81. The minimum atomic E-state index is -3.48. The van der Waals surface area contributed by atoms with Crippen molar-refractivity contribution in [3.05, 3.63) is 65.2 Å². The Hall–Kier alpha value is -2.56. The van der Waals surface area contributed by atoms with Crippen LogP contribution in [0, 0.1) is 17.6 Å². The lowest BCUT2D eigenvalue weighted by Crippen LogP contribution is -2.38. The van der Waals surface area contributed by atoms with Gasteiger partial charge in [0.15, 0.2) is 23.3 Å². The molecule has 0 bridgehead atoms. The first-order chi connectivity index (χ1) is 13.5. The zero-order valence-electron chi connectivity index (χ0n) is 14.5. The van der Waals surface area contributed by atoms with Crippen molar-refractivity contribution >= 4 is 33.4 Å². The predicted octanol–water partition coefficient (Wildman–Crippen LogP) is 5.09. The number of alkyl halides is 2. The van der Waals surface area contributed by atoms with Crippen LogP contribution < -0.4 is 5.32 Å². The highest BCUT2D eigenvalue weighted by Crippen LogP contribution is 2.47. The number of benzene rings is 1. The lowest BCUT2D eigenvalue weighted by Gasteiger charge is -2.27. The molecule has 2 rings (SSSR count). The van der Waals surface area contributed by atoms with Crippen molar-refractivity contribution in [3.8, 4) is 0 Å². The first kappa shape index (κ1) is 22.7. The Labute approximate surface area is 169 Å². The third-order valence-electron chi connectivity index (χ3n) is 3.75. The zero-order valence-corrected chi connectivity index (χ0v) is 16.1. The number of esters is 1. The number of anilines is 1. The summed E-state index contributed by atoms with van der Waals surface area (Å²) in [5.41, 5.74) is -1.31. The molecule has 0 heterocycles. The van der Waals surface area contributed by atoms with Crippen LogP contribution in [-0.4, -0.2) is 22.9 Å². The Bertz CT molecular complexity index is 942. The van der Waals surface area contributed by atoms with Gasteiger partial charge in [-0.2, -0.15) is 0 Å². The SMILES string of the molecule is CCOC(=O)/C(=C\Nc1ccc(F)cc1F)C(=O)C1C=C(F)C(F)=C(F)C1(F)Br. The summed E-state index contributed by atoms with van der Waals surface area (Å²) in [5, 5.41) is 2.20. The van der Waals surface area contributed by atoms with Crippen LogP contribution in [0.4, 0.5) is 32.0 Å². The van der Waals surface area contributed by atoms with Crippen molar-refractivity contribution < 1.29 is 40.7 Å². The van der Waals surface area contributed by atoms with Crippen LogP contribution in [0.5, 0.6) is 0 Å². The largest absolute Gasteiger partial charge is 0.462 e. The number of Topliss-reactive ketones (excluding diaryl/α,β-unsaturated/α-hetero) is 1. The number of carbonyl (C=O) groups excluding carboxylic acids is 2. The highest BCUT2D eigenvalue weighted by atomic mass is 79.9. The number of nitrogens with one attached hydrogen (secondary N) is 1. The molecule has 0 spiro atoms. The van der Waals surface area contributed by atoms with Crippen molar-refractivity contribution in [1.82, 2.24) is 0 Å². The first-order valence-corrected chi connectivity index (χ1v) is 8.74. The molecule has 0 aliphatic heterocycles. The molecule has 156 valence electrons. The number of carbonyl (C=O) groups is 2. The molecule has 2 unspecified atom stereocenters. The van der Waals surface area contributed by atoms with E-state index in [2.05, 4.69) is 26.0 Å². The van der Waals surface area contributed by atoms with E-state index in [1.54, 1.807) is 0 Å². The molecule has 11 heteroatoms. The standard InChI is InChI=1S/C18H12BrF6NO3/c1-2-29-17(28)9(7-26-13-4-3-8(20)5-11(13)21)15(27)10-6-12(22)14(23)16(24)18(10,19)25/h3-7,10,26H,2H2,1H3/b9-7-. The van der Waals surface area contributed by atoms with E-state index in [0.29, 0.717) is 12.3 Å². The molecule has 1 aromatic rings. The van der Waals surface area contributed by atoms with Crippen LogP contribution in [-0.2, 0) is 14.3 Å². The summed E-state index contributed by atoms with van der Waals surface area (Å²) in [6.07, 6.45) is 0.763. The van der Waals surface area contributed by atoms with Crippen molar-refractivity contribution in [1.29, 1.82) is 0 Å². The normalized spacial score (nSPS) is 22.3. The van der Waals surface area contributed by atoms with E-state index < -0.39 is 56.9 Å². The number of ketones is 1. The van der Waals surface area contributed by atoms with Gasteiger partial charge < -0.3 is 10.1 Å². The van der Waals surface area contributed by atoms with Crippen LogP contribution in [0.3, 0.4) is 0 Å². The van der Waals surface area contributed by atoms with Crippen molar-refractivity contribution in [2.45, 2.75) is 11.5 Å². The van der Waals surface area contributed by atoms with Crippen molar-refractivity contribution in [2.75, 3.05) is 11.9 Å². The first-order valence-electron chi connectivity index (χ1n) is 7.95. The molecule has 1 aliphatic carbocycles. The molecular formula is C18H12BrF6NO3. The van der Waals surface area contributed by atoms with Gasteiger partial charge in [0, 0.05) is 12.3 Å². The summed E-state index contributed by atoms with van der Waals surface area (Å²) < 4.78 is 83.1. The Morgan fingerprint density at radius 2 is 1.90 bits per heavy atom. The maximum absolute atomic E-state index is 14.6. The van der Waals surface area contributed by atoms with Gasteiger partial charge in [-0.3, -0.25) is 4.79 Å². The van der Waals surface area contributed by atoms with Crippen LogP contribution in [0.15, 0.2) is 53.5 Å². The van der Waals surface area contributed by atoms with Crippen molar-refractivity contribution in [2.24, 2.45) is 5.92 Å². The van der Waals surface area contributed by atoms with Gasteiger partial charge in [0.25, 0.3) is 0 Å². The maximum atomic E-state index is 14.6. The van der Waals surface area contributed by atoms with Gasteiger partial charge in [-0.15, -0.1) is 0 Å². The third kappa shape index (κ3) is 4.72. The van der Waals surface area contributed by atoms with E-state index >= 15 is 0 Å². The van der Waals surface area contributed by atoms with E-state index in [4.69, 9.17) is 0 Å². The molecule has 0 amide bonds. The van der Waals surface area contributed by atoms with Gasteiger partial charge in [0.05, 0.1) is 18.2 Å². The molecule has 4 nitrogen and oxygen atoms in total. The molecule has 2 atom stereocenters. The van der Waals surface area contributed by atoms with E-state index in [9.17, 15) is 35.9 Å². The molecule has 0 radical (unpaired) electrons. The second-order valence-electron chi connectivity index (χ2n) is 5.65. The maximum Gasteiger partial charge on any atom is 0.343 e. The lowest BCUT2D eigenvalue weighted by molar-refractivity contribution is -0.140. The highest BCUT2D eigenvalue weighted by Gasteiger charge is 2.51. The molecule has 0 aromatic heterocycles. The number of rotatable bonds is 6. The second kappa shape index (κ2) is 8.85. The predicted molar refractivity (Wildman–Crippen MR) is 94.4 cm³/mol. The van der Waals surface area contributed by atoms with Gasteiger partial charge in [0.1, 0.15) is 17.2 Å². The van der Waals surface area contributed by atoms with Gasteiger partial charge in [-0.25, -0.2) is 31.1 Å². The fourth-order valence-electron chi connectivity index (χ4n) is 2.32. The molecule has 29 heavy (non-hydrogen) atoms. The van der Waals surface area contributed by atoms with Gasteiger partial charge >= 0.3 is 5.97 Å². The minimum absolute atomic E-state index is 0.154. The fraction of sp³-hybridized carbons (Fsp3) is 0.222. The average Bonchev–Trinajstić information content (AvgIpc) is 2.65. The number of hydrogen-bond acceptors (Lipinski definition) is 4. The number of ether oxygens (including phenoxy) is 1. The summed E-state index contributed by atoms with van der Waals surface area (Å²) in [6.45, 7) is 1.16. The summed E-state index contributed by atoms with van der Waals surface area (Å²) in [6, 6.07) is 2.32. The summed E-state index contributed by atoms with van der Waals surface area (Å²) in [4.78, 5) is 24.7. The number of halogens is 7. The number of hydrogen-bond donors (Lipinski definition) is 1. The van der Waals surface area contributed by atoms with E-state index in [1.807, 2.05) is 0 Å². The number of allylic oxidation sites excluding steroid dienone is 4. The third-order valence-corrected chi connectivity index (χ3v) is 4.59. The monoisotopic (exact) mass is 483 g/mol. The summed E-state index contributed by atoms with van der Waals surface area (Å²) in [7, 11) is 0. The highest BCUT2D eigenvalue weighted by molar-refractivity contribution is 9.10. The Morgan fingerprint density at radius 3 is 2.48 bits per heavy atom. The summed E-state index contributed by atoms with van der Waals surface area (Å²) >= 11 is 2.19. The summed E-state index contributed by atoms with van der Waals surface area (Å²) in [5.74, 6) is -13.3. The topological polar surface area (TPSA) is 55.4 Å². The molecule has 1 N–H and O–H groups in total. The quantitative estimate of drug-likeness (QED) is 0.153. The zero-order chi connectivity index (χ0) is 21.9. The van der Waals surface area contributed by atoms with Crippen LogP contribution in [0.2, 0.25) is 0 Å². The molecule has 1 aromatic carbocycles. The molecular weight excluding hydrogens is 472 g/mol. The minimum Gasteiger partial charge on any atom is -0.462 e. The Kier molecular flexibility index (Phi) is 6.93. The molecule has 0 fully saturated rings. The fourth-order valence-corrected chi connectivity index (χ4v) is 2.83. The average molecular weight is 484 g/mol. The van der Waals surface area contributed by atoms with Crippen LogP contribution >= 0.6 is 15.9 Å². The van der Waals surface area contributed by atoms with Gasteiger partial charge in [0.2, 0.25) is 4.58 Å². The Morgan fingerprint density at radius 1 is 1.24 bits per heavy atom. The van der Waals surface area contributed by atoms with E-state index in [0.717, 1.165) is 12.1 Å². The van der Waals surface area contributed by atoms with E-state index in [1.165, 1.54) is 6.92 Å². The van der Waals surface area contributed by atoms with Crippen molar-refractivity contribution in [3.63, 3.8) is 0 Å². The smallest absolute Gasteiger partial charge is 0.343 e. The Balaban J connectivity index is 2.44.